The predicted octanol–water partition coefficient (Wildman–Crippen LogP) is 2.10. The first kappa shape index (κ1) is 12.9. The zero-order valence-corrected chi connectivity index (χ0v) is 11.9. The Morgan fingerprint density at radius 1 is 1.06 bits per heavy atom. The quantitative estimate of drug-likeness (QED) is 0.696. The van der Waals surface area contributed by atoms with Gasteiger partial charge in [-0.15, -0.1) is 0 Å². The van der Waals surface area contributed by atoms with Gasteiger partial charge in [-0.1, -0.05) is 13.8 Å². The molecule has 3 rings (SSSR count). The van der Waals surface area contributed by atoms with Crippen LogP contribution in [0.3, 0.4) is 0 Å². The summed E-state index contributed by atoms with van der Waals surface area (Å²) in [7, 11) is 0. The highest BCUT2D eigenvalue weighted by atomic mass is 16.5. The maximum Gasteiger partial charge on any atom is 0.0821 e. The molecule has 3 nitrogen and oxygen atoms in total. The molecular formula is C15H26O3. The van der Waals surface area contributed by atoms with Crippen molar-refractivity contribution >= 4 is 0 Å². The number of hydrogen-bond donors (Lipinski definition) is 2. The predicted molar refractivity (Wildman–Crippen MR) is 69.1 cm³/mol. The summed E-state index contributed by atoms with van der Waals surface area (Å²) in [5.74, 6) is 0.818. The van der Waals surface area contributed by atoms with Gasteiger partial charge in [0.1, 0.15) is 0 Å². The van der Waals surface area contributed by atoms with Gasteiger partial charge in [-0.2, -0.15) is 0 Å². The lowest BCUT2D eigenvalue weighted by molar-refractivity contribution is -0.254. The molecule has 0 unspecified atom stereocenters. The molecule has 2 N–H and O–H groups in total. The number of aliphatic hydroxyl groups is 2. The highest BCUT2D eigenvalue weighted by Crippen LogP contribution is 2.65. The molecule has 3 heteroatoms. The number of fused-ring (bicyclic) bond motifs is 1. The fourth-order valence-corrected chi connectivity index (χ4v) is 4.98. The maximum absolute atomic E-state index is 10.6. The highest BCUT2D eigenvalue weighted by Gasteiger charge is 2.71. The summed E-state index contributed by atoms with van der Waals surface area (Å²) in [6, 6.07) is 0. The summed E-state index contributed by atoms with van der Waals surface area (Å²) >= 11 is 0. The molecule has 0 aromatic heterocycles. The summed E-state index contributed by atoms with van der Waals surface area (Å²) in [5, 5.41) is 21.1. The molecule has 1 aliphatic heterocycles. The molecule has 2 bridgehead atoms. The van der Waals surface area contributed by atoms with Gasteiger partial charge in [0.05, 0.1) is 23.4 Å². The van der Waals surface area contributed by atoms with Crippen molar-refractivity contribution in [2.45, 2.75) is 76.8 Å². The molecule has 18 heavy (non-hydrogen) atoms. The number of rotatable bonds is 0. The lowest BCUT2D eigenvalue weighted by atomic mass is 9.50. The Labute approximate surface area is 110 Å². The van der Waals surface area contributed by atoms with Crippen LogP contribution < -0.4 is 0 Å². The lowest BCUT2D eigenvalue weighted by Gasteiger charge is -2.59. The van der Waals surface area contributed by atoms with E-state index in [0.29, 0.717) is 11.8 Å². The molecule has 0 aromatic rings. The van der Waals surface area contributed by atoms with Crippen molar-refractivity contribution in [3.8, 4) is 0 Å². The molecular weight excluding hydrogens is 228 g/mol. The van der Waals surface area contributed by atoms with Crippen LogP contribution in [0.25, 0.3) is 0 Å². The Morgan fingerprint density at radius 3 is 2.39 bits per heavy atom. The first-order valence-electron chi connectivity index (χ1n) is 7.30. The van der Waals surface area contributed by atoms with Crippen LogP contribution in [-0.2, 0) is 4.74 Å². The average molecular weight is 254 g/mol. The molecule has 1 spiro atoms. The number of hydrogen-bond acceptors (Lipinski definition) is 3. The molecule has 0 amide bonds. The van der Waals surface area contributed by atoms with E-state index in [1.54, 1.807) is 0 Å². The van der Waals surface area contributed by atoms with Crippen molar-refractivity contribution in [1.82, 2.24) is 0 Å². The SMILES string of the molecule is C[C@@H]1CC[C@H](O)[C@@]2(C)[C@@H](O)C[C@@H]3C[C@]12OC3(C)C. The van der Waals surface area contributed by atoms with E-state index in [9.17, 15) is 10.2 Å². The molecule has 104 valence electrons. The molecule has 2 saturated carbocycles. The van der Waals surface area contributed by atoms with Crippen LogP contribution in [0.4, 0.5) is 0 Å². The summed E-state index contributed by atoms with van der Waals surface area (Å²) in [4.78, 5) is 0. The van der Waals surface area contributed by atoms with Gasteiger partial charge < -0.3 is 14.9 Å². The van der Waals surface area contributed by atoms with Gasteiger partial charge in [-0.3, -0.25) is 0 Å². The van der Waals surface area contributed by atoms with E-state index >= 15 is 0 Å². The Bertz CT molecular complexity index is 367. The van der Waals surface area contributed by atoms with E-state index in [1.165, 1.54) is 0 Å². The molecule has 2 aliphatic carbocycles. The molecule has 3 fully saturated rings. The largest absolute Gasteiger partial charge is 0.392 e. The second-order valence-corrected chi connectivity index (χ2v) is 7.52. The van der Waals surface area contributed by atoms with Crippen molar-refractivity contribution in [2.24, 2.45) is 17.3 Å². The summed E-state index contributed by atoms with van der Waals surface area (Å²) in [6.45, 7) is 8.54. The van der Waals surface area contributed by atoms with Crippen LogP contribution in [0.1, 0.15) is 53.4 Å². The van der Waals surface area contributed by atoms with E-state index in [-0.39, 0.29) is 11.2 Å². The second-order valence-electron chi connectivity index (χ2n) is 7.52. The minimum absolute atomic E-state index is 0.177. The van der Waals surface area contributed by atoms with Crippen LogP contribution >= 0.6 is 0 Å². The van der Waals surface area contributed by atoms with E-state index in [1.807, 2.05) is 6.92 Å². The van der Waals surface area contributed by atoms with Gasteiger partial charge in [-0.05, 0) is 51.4 Å². The lowest BCUT2D eigenvalue weighted by Crippen LogP contribution is -2.66. The molecule has 0 aromatic carbocycles. The van der Waals surface area contributed by atoms with Crippen LogP contribution in [0, 0.1) is 17.3 Å². The monoisotopic (exact) mass is 254 g/mol. The van der Waals surface area contributed by atoms with E-state index in [0.717, 1.165) is 25.7 Å². The second kappa shape index (κ2) is 3.50. The highest BCUT2D eigenvalue weighted by molar-refractivity contribution is 5.19. The van der Waals surface area contributed by atoms with Crippen molar-refractivity contribution in [1.29, 1.82) is 0 Å². The maximum atomic E-state index is 10.6. The fourth-order valence-electron chi connectivity index (χ4n) is 4.98. The topological polar surface area (TPSA) is 49.7 Å². The first-order valence-corrected chi connectivity index (χ1v) is 7.30. The zero-order valence-electron chi connectivity index (χ0n) is 11.9. The van der Waals surface area contributed by atoms with Gasteiger partial charge >= 0.3 is 0 Å². The minimum Gasteiger partial charge on any atom is -0.392 e. The minimum atomic E-state index is -0.505. The summed E-state index contributed by atoms with van der Waals surface area (Å²) in [6.07, 6.45) is 2.63. The van der Waals surface area contributed by atoms with Crippen LogP contribution in [0.5, 0.6) is 0 Å². The van der Waals surface area contributed by atoms with Crippen LogP contribution in [0.15, 0.2) is 0 Å². The Kier molecular flexibility index (Phi) is 2.51. The third kappa shape index (κ3) is 1.26. The van der Waals surface area contributed by atoms with E-state index in [2.05, 4.69) is 20.8 Å². The Hall–Kier alpha value is -0.120. The van der Waals surface area contributed by atoms with Crippen molar-refractivity contribution in [3.63, 3.8) is 0 Å². The van der Waals surface area contributed by atoms with Crippen molar-refractivity contribution in [3.05, 3.63) is 0 Å². The van der Waals surface area contributed by atoms with Crippen molar-refractivity contribution < 1.29 is 14.9 Å². The number of aliphatic hydroxyl groups excluding tert-OH is 2. The third-order valence-electron chi connectivity index (χ3n) is 6.45. The Balaban J connectivity index is 2.12. The molecule has 1 heterocycles. The fraction of sp³-hybridized carbons (Fsp3) is 1.00. The Morgan fingerprint density at radius 2 is 1.72 bits per heavy atom. The molecule has 1 saturated heterocycles. The first-order chi connectivity index (χ1) is 8.24. The van der Waals surface area contributed by atoms with E-state index < -0.39 is 17.6 Å². The van der Waals surface area contributed by atoms with Gasteiger partial charge in [-0.25, -0.2) is 0 Å². The van der Waals surface area contributed by atoms with Gasteiger partial charge in [0, 0.05) is 5.41 Å². The third-order valence-corrected chi connectivity index (χ3v) is 6.45. The van der Waals surface area contributed by atoms with Gasteiger partial charge in [0.2, 0.25) is 0 Å². The molecule has 0 radical (unpaired) electrons. The van der Waals surface area contributed by atoms with Gasteiger partial charge in [0.25, 0.3) is 0 Å². The summed E-state index contributed by atoms with van der Waals surface area (Å²) < 4.78 is 6.50. The molecule has 3 aliphatic rings. The zero-order chi connectivity index (χ0) is 13.3. The average Bonchev–Trinajstić information content (AvgIpc) is 2.52. The van der Waals surface area contributed by atoms with Crippen LogP contribution in [-0.4, -0.2) is 33.6 Å². The molecule has 6 atom stereocenters. The van der Waals surface area contributed by atoms with Crippen LogP contribution in [0.2, 0.25) is 0 Å². The van der Waals surface area contributed by atoms with E-state index in [4.69, 9.17) is 4.74 Å². The van der Waals surface area contributed by atoms with Crippen molar-refractivity contribution in [2.75, 3.05) is 0 Å². The summed E-state index contributed by atoms with van der Waals surface area (Å²) in [5.41, 5.74) is -1.02. The number of ether oxygens (including phenoxy) is 1. The van der Waals surface area contributed by atoms with Gasteiger partial charge in [0.15, 0.2) is 0 Å². The normalized spacial score (nSPS) is 58.3. The standard InChI is InChI=1S/C15H26O3/c1-9-5-6-11(16)14(4)12(17)7-10-8-15(9,14)18-13(10,2)3/h9-12,16-17H,5-8H2,1-4H3/t9-,10-,11+,12+,14+,15+/m1/s1. The smallest absolute Gasteiger partial charge is 0.0821 e.